The minimum Gasteiger partial charge on any atom is -0.353 e. The smallest absolute Gasteiger partial charge is 0.353 e. The van der Waals surface area contributed by atoms with Crippen molar-refractivity contribution in [3.8, 4) is 0 Å². The molecule has 0 aliphatic carbocycles. The van der Waals surface area contributed by atoms with Gasteiger partial charge in [0.15, 0.2) is 6.29 Å². The first-order chi connectivity index (χ1) is 8.22. The van der Waals surface area contributed by atoms with E-state index in [2.05, 4.69) is 11.6 Å². The van der Waals surface area contributed by atoms with Gasteiger partial charge in [-0.2, -0.15) is 17.6 Å². The van der Waals surface area contributed by atoms with Crippen molar-refractivity contribution in [2.24, 2.45) is 0 Å². The lowest BCUT2D eigenvalue weighted by molar-refractivity contribution is -0.156. The summed E-state index contributed by atoms with van der Waals surface area (Å²) in [6.07, 6.45) is 2.20. The molecule has 0 amide bonds. The van der Waals surface area contributed by atoms with Crippen LogP contribution >= 0.6 is 34.2 Å². The first-order valence-corrected chi connectivity index (χ1v) is 6.73. The van der Waals surface area contributed by atoms with Gasteiger partial charge in [0.25, 0.3) is 0 Å². The van der Waals surface area contributed by atoms with Crippen LogP contribution in [0.3, 0.4) is 0 Å². The van der Waals surface area contributed by atoms with Crippen LogP contribution < -0.4 is 0 Å². The Morgan fingerprint density at radius 2 is 2.06 bits per heavy atom. The lowest BCUT2D eigenvalue weighted by atomic mass is 10.2. The summed E-state index contributed by atoms with van der Waals surface area (Å²) < 4.78 is 60.9. The molecule has 0 radical (unpaired) electrons. The normalized spacial score (nSPS) is 23.2. The summed E-state index contributed by atoms with van der Waals surface area (Å²) in [5.41, 5.74) is 0. The lowest BCUT2D eigenvalue weighted by Crippen LogP contribution is -2.33. The van der Waals surface area contributed by atoms with E-state index in [1.54, 1.807) is 0 Å². The Morgan fingerprint density at radius 3 is 2.56 bits per heavy atom. The molecule has 0 spiro atoms. The molecule has 0 N–H and O–H groups in total. The van der Waals surface area contributed by atoms with Gasteiger partial charge in [-0.1, -0.05) is 0 Å². The van der Waals surface area contributed by atoms with Crippen LogP contribution in [-0.4, -0.2) is 30.8 Å². The zero-order valence-electron chi connectivity index (χ0n) is 9.27. The average molecular weight is 403 g/mol. The van der Waals surface area contributed by atoms with E-state index in [-0.39, 0.29) is 16.3 Å². The maximum Gasteiger partial charge on any atom is 0.387 e. The number of alkyl halides is 5. The van der Waals surface area contributed by atoms with Crippen molar-refractivity contribution in [1.82, 2.24) is 0 Å². The van der Waals surface area contributed by atoms with Crippen LogP contribution in [0.2, 0.25) is 0 Å². The topological polar surface area (TPSA) is 18.5 Å². The molecule has 1 fully saturated rings. The molecule has 0 aromatic carbocycles. The summed E-state index contributed by atoms with van der Waals surface area (Å²) in [7, 11) is 0. The third-order valence-corrected chi connectivity index (χ3v) is 3.14. The van der Waals surface area contributed by atoms with Crippen LogP contribution in [0.25, 0.3) is 0 Å². The van der Waals surface area contributed by atoms with E-state index in [1.807, 2.05) is 0 Å². The van der Waals surface area contributed by atoms with Gasteiger partial charge in [-0.15, -0.1) is 0 Å². The molecule has 0 saturated carbocycles. The third-order valence-electron chi connectivity index (χ3n) is 2.26. The van der Waals surface area contributed by atoms with Crippen LogP contribution in [-0.2, 0) is 9.47 Å². The standard InChI is InChI=1S/C10H12ClF4IO2/c11-10(14,15)9(12,13)5-7(16)6-18-8-3-1-2-4-17-8/h5,8H,1-4,6H2/b7-5-. The van der Waals surface area contributed by atoms with Gasteiger partial charge in [-0.05, 0) is 53.5 Å². The highest BCUT2D eigenvalue weighted by atomic mass is 127. The number of halogens is 6. The van der Waals surface area contributed by atoms with Gasteiger partial charge in [0, 0.05) is 16.3 Å². The summed E-state index contributed by atoms with van der Waals surface area (Å²) in [5, 5.41) is -4.61. The molecule has 1 atom stereocenters. The molecule has 2 nitrogen and oxygen atoms in total. The molecule has 0 bridgehead atoms. The Kier molecular flexibility index (Phi) is 6.14. The van der Waals surface area contributed by atoms with E-state index in [1.165, 1.54) is 22.6 Å². The molecular weight excluding hydrogens is 390 g/mol. The van der Waals surface area contributed by atoms with Crippen molar-refractivity contribution >= 4 is 34.2 Å². The van der Waals surface area contributed by atoms with Gasteiger partial charge in [-0.3, -0.25) is 0 Å². The molecule has 0 aromatic heterocycles. The second-order valence-corrected chi connectivity index (χ2v) is 5.68. The molecule has 0 aromatic rings. The molecule has 1 aliphatic heterocycles. The summed E-state index contributed by atoms with van der Waals surface area (Å²) in [5.74, 6) is -4.40. The van der Waals surface area contributed by atoms with Gasteiger partial charge in [0.1, 0.15) is 0 Å². The number of rotatable bonds is 5. The number of hydrogen-bond donors (Lipinski definition) is 0. The predicted octanol–water partition coefficient (Wildman–Crippen LogP) is 4.32. The van der Waals surface area contributed by atoms with Crippen LogP contribution in [0, 0.1) is 0 Å². The van der Waals surface area contributed by atoms with Gasteiger partial charge < -0.3 is 9.47 Å². The van der Waals surface area contributed by atoms with Crippen molar-refractivity contribution in [2.75, 3.05) is 13.2 Å². The second-order valence-electron chi connectivity index (χ2n) is 3.82. The number of ether oxygens (including phenoxy) is 2. The predicted molar refractivity (Wildman–Crippen MR) is 67.4 cm³/mol. The monoisotopic (exact) mass is 402 g/mol. The Hall–Kier alpha value is 0.400. The fourth-order valence-electron chi connectivity index (χ4n) is 1.34. The summed E-state index contributed by atoms with van der Waals surface area (Å²) >= 11 is 5.83. The van der Waals surface area contributed by atoms with Crippen molar-refractivity contribution in [1.29, 1.82) is 0 Å². The minimum absolute atomic E-state index is 0.0490. The maximum absolute atomic E-state index is 12.9. The molecule has 1 rings (SSSR count). The van der Waals surface area contributed by atoms with E-state index in [4.69, 9.17) is 9.47 Å². The van der Waals surface area contributed by atoms with E-state index in [0.717, 1.165) is 12.8 Å². The van der Waals surface area contributed by atoms with Crippen molar-refractivity contribution < 1.29 is 27.0 Å². The summed E-state index contributed by atoms with van der Waals surface area (Å²) in [6.45, 7) is 0.356. The quantitative estimate of drug-likeness (QED) is 0.387. The lowest BCUT2D eigenvalue weighted by Gasteiger charge is -2.23. The van der Waals surface area contributed by atoms with E-state index < -0.39 is 17.6 Å². The van der Waals surface area contributed by atoms with Crippen LogP contribution in [0.15, 0.2) is 9.66 Å². The highest BCUT2D eigenvalue weighted by Gasteiger charge is 2.53. The van der Waals surface area contributed by atoms with Crippen LogP contribution in [0.1, 0.15) is 19.3 Å². The molecule has 1 heterocycles. The first-order valence-electron chi connectivity index (χ1n) is 5.27. The SMILES string of the molecule is FC(F)(Cl)C(F)(F)/C=C(\I)COC1CCCCO1. The minimum atomic E-state index is -4.61. The van der Waals surface area contributed by atoms with Gasteiger partial charge in [0.05, 0.1) is 6.61 Å². The zero-order valence-corrected chi connectivity index (χ0v) is 12.2. The molecule has 18 heavy (non-hydrogen) atoms. The Labute approximate surface area is 121 Å². The second kappa shape index (κ2) is 6.71. The third kappa shape index (κ3) is 5.18. The molecule has 1 saturated heterocycles. The fraction of sp³-hybridized carbons (Fsp3) is 0.800. The van der Waals surface area contributed by atoms with Crippen LogP contribution in [0.5, 0.6) is 0 Å². The molecule has 1 unspecified atom stereocenters. The molecule has 1 aliphatic rings. The first kappa shape index (κ1) is 16.5. The molecule has 106 valence electrons. The maximum atomic E-state index is 12.9. The summed E-state index contributed by atoms with van der Waals surface area (Å²) in [6, 6.07) is 0. The van der Waals surface area contributed by atoms with Gasteiger partial charge in [-0.25, -0.2) is 0 Å². The summed E-state index contributed by atoms with van der Waals surface area (Å²) in [4.78, 5) is 0. The van der Waals surface area contributed by atoms with Crippen molar-refractivity contribution in [2.45, 2.75) is 36.9 Å². The van der Waals surface area contributed by atoms with E-state index >= 15 is 0 Å². The van der Waals surface area contributed by atoms with Gasteiger partial charge >= 0.3 is 11.3 Å². The van der Waals surface area contributed by atoms with Gasteiger partial charge in [0.2, 0.25) is 0 Å². The molecule has 8 heteroatoms. The Morgan fingerprint density at radius 1 is 1.39 bits per heavy atom. The van der Waals surface area contributed by atoms with Crippen LogP contribution in [0.4, 0.5) is 17.6 Å². The number of hydrogen-bond acceptors (Lipinski definition) is 2. The largest absolute Gasteiger partial charge is 0.387 e. The van der Waals surface area contributed by atoms with Crippen molar-refractivity contribution in [3.05, 3.63) is 9.66 Å². The zero-order chi connectivity index (χ0) is 13.8. The Bertz CT molecular complexity index is 301. The fourth-order valence-corrected chi connectivity index (χ4v) is 1.96. The molecular formula is C10H12ClF4IO2. The van der Waals surface area contributed by atoms with E-state index in [9.17, 15) is 17.6 Å². The van der Waals surface area contributed by atoms with E-state index in [0.29, 0.717) is 13.0 Å². The average Bonchev–Trinajstić information content (AvgIpc) is 2.26. The number of allylic oxidation sites excluding steroid dienone is 1. The van der Waals surface area contributed by atoms with Crippen molar-refractivity contribution in [3.63, 3.8) is 0 Å². The highest BCUT2D eigenvalue weighted by molar-refractivity contribution is 14.1. The Balaban J connectivity index is 2.46. The highest BCUT2D eigenvalue weighted by Crippen LogP contribution is 2.40.